The van der Waals surface area contributed by atoms with E-state index in [-0.39, 0.29) is 6.61 Å². The van der Waals surface area contributed by atoms with E-state index in [1.165, 1.54) is 0 Å². The lowest BCUT2D eigenvalue weighted by Crippen LogP contribution is -2.25. The number of hydrogen-bond donors (Lipinski definition) is 2. The Bertz CT molecular complexity index is 322. The number of likely N-dealkylation sites (N-methyl/N-ethyl adjacent to an activating group) is 1. The number of benzene rings is 1. The Hall–Kier alpha value is -1.06. The number of aliphatic hydroxyl groups is 1. The minimum atomic E-state index is -0.0239. The van der Waals surface area contributed by atoms with Gasteiger partial charge in [-0.15, -0.1) is 0 Å². The molecule has 0 atom stereocenters. The van der Waals surface area contributed by atoms with E-state index in [4.69, 9.17) is 5.11 Å². The van der Waals surface area contributed by atoms with Gasteiger partial charge < -0.3 is 15.1 Å². The lowest BCUT2D eigenvalue weighted by Gasteiger charge is -2.18. The van der Waals surface area contributed by atoms with Crippen LogP contribution in [0.3, 0.4) is 0 Å². The van der Waals surface area contributed by atoms with Crippen LogP contribution in [0.1, 0.15) is 25.0 Å². The summed E-state index contributed by atoms with van der Waals surface area (Å²) in [6.45, 7) is 7.28. The molecule has 0 saturated carbocycles. The fourth-order valence-corrected chi connectivity index (χ4v) is 1.74. The number of rotatable bonds is 6. The average molecular weight is 223 g/mol. The Morgan fingerprint density at radius 2 is 1.88 bits per heavy atom. The quantitative estimate of drug-likeness (QED) is 0.772. The van der Waals surface area contributed by atoms with Crippen LogP contribution in [-0.4, -0.2) is 34.7 Å². The van der Waals surface area contributed by atoms with Crippen molar-refractivity contribution in [1.82, 2.24) is 4.90 Å². The first-order valence-electron chi connectivity index (χ1n) is 5.85. The molecular weight excluding hydrogens is 202 g/mol. The number of aromatic hydroxyl groups is 1. The van der Waals surface area contributed by atoms with E-state index in [2.05, 4.69) is 18.7 Å². The predicted molar refractivity (Wildman–Crippen MR) is 65.5 cm³/mol. The van der Waals surface area contributed by atoms with Crippen molar-refractivity contribution in [3.05, 3.63) is 29.3 Å². The molecule has 0 radical (unpaired) electrons. The molecule has 2 N–H and O–H groups in total. The molecule has 0 amide bonds. The average Bonchev–Trinajstić information content (AvgIpc) is 2.32. The van der Waals surface area contributed by atoms with E-state index in [9.17, 15) is 5.11 Å². The number of phenols is 1. The van der Waals surface area contributed by atoms with E-state index in [0.717, 1.165) is 37.2 Å². The van der Waals surface area contributed by atoms with Gasteiger partial charge in [0, 0.05) is 6.54 Å². The monoisotopic (exact) mass is 223 g/mol. The molecular formula is C13H21NO2. The van der Waals surface area contributed by atoms with Crippen molar-refractivity contribution in [2.24, 2.45) is 0 Å². The predicted octanol–water partition coefficient (Wildman–Crippen LogP) is 1.77. The summed E-state index contributed by atoms with van der Waals surface area (Å²) >= 11 is 0. The molecule has 0 spiro atoms. The number of phenolic OH excluding ortho intramolecular Hbond substituents is 1. The third-order valence-electron chi connectivity index (χ3n) is 2.92. The van der Waals surface area contributed by atoms with Crippen molar-refractivity contribution in [3.63, 3.8) is 0 Å². The molecule has 1 aromatic rings. The van der Waals surface area contributed by atoms with Crippen molar-refractivity contribution in [1.29, 1.82) is 0 Å². The minimum Gasteiger partial charge on any atom is -0.508 e. The fourth-order valence-electron chi connectivity index (χ4n) is 1.74. The summed E-state index contributed by atoms with van der Waals surface area (Å²) in [4.78, 5) is 2.32. The molecule has 0 aromatic heterocycles. The van der Waals surface area contributed by atoms with Crippen molar-refractivity contribution in [2.45, 2.75) is 26.9 Å². The second kappa shape index (κ2) is 6.51. The zero-order valence-corrected chi connectivity index (χ0v) is 10.1. The van der Waals surface area contributed by atoms with Crippen LogP contribution in [0.5, 0.6) is 5.75 Å². The molecule has 3 heteroatoms. The largest absolute Gasteiger partial charge is 0.508 e. The zero-order valence-electron chi connectivity index (χ0n) is 10.1. The smallest absolute Gasteiger partial charge is 0.119 e. The van der Waals surface area contributed by atoms with Crippen molar-refractivity contribution < 1.29 is 10.2 Å². The second-order valence-electron chi connectivity index (χ2n) is 3.90. The number of nitrogens with zero attached hydrogens (tertiary/aromatic N) is 1. The zero-order chi connectivity index (χ0) is 12.0. The third kappa shape index (κ3) is 3.51. The van der Waals surface area contributed by atoms with Crippen LogP contribution in [0.4, 0.5) is 0 Å². The summed E-state index contributed by atoms with van der Waals surface area (Å²) in [5, 5.41) is 18.7. The molecule has 0 unspecified atom stereocenters. The highest BCUT2D eigenvalue weighted by molar-refractivity contribution is 5.36. The van der Waals surface area contributed by atoms with E-state index in [0.29, 0.717) is 5.75 Å². The van der Waals surface area contributed by atoms with Crippen LogP contribution < -0.4 is 0 Å². The van der Waals surface area contributed by atoms with Gasteiger partial charge in [0.1, 0.15) is 5.75 Å². The Kier molecular flexibility index (Phi) is 5.29. The highest BCUT2D eigenvalue weighted by Gasteiger charge is 2.05. The lowest BCUT2D eigenvalue weighted by molar-refractivity contribution is 0.281. The Labute approximate surface area is 97.3 Å². The van der Waals surface area contributed by atoms with Gasteiger partial charge in [-0.3, -0.25) is 0 Å². The molecule has 0 aliphatic heterocycles. The molecule has 0 aliphatic rings. The highest BCUT2D eigenvalue weighted by Crippen LogP contribution is 2.19. The Morgan fingerprint density at radius 1 is 1.19 bits per heavy atom. The van der Waals surface area contributed by atoms with Gasteiger partial charge in [0.05, 0.1) is 6.61 Å². The maximum Gasteiger partial charge on any atom is 0.119 e. The molecule has 0 bridgehead atoms. The van der Waals surface area contributed by atoms with Crippen LogP contribution in [0.2, 0.25) is 0 Å². The van der Waals surface area contributed by atoms with Gasteiger partial charge >= 0.3 is 0 Å². The summed E-state index contributed by atoms with van der Waals surface area (Å²) < 4.78 is 0. The normalized spacial score (nSPS) is 11.0. The number of hydrogen-bond acceptors (Lipinski definition) is 3. The van der Waals surface area contributed by atoms with Crippen LogP contribution in [-0.2, 0) is 13.0 Å². The van der Waals surface area contributed by atoms with Crippen molar-refractivity contribution in [3.8, 4) is 5.75 Å². The standard InChI is InChI=1S/C13H21NO2/c1-3-14(4-2)8-7-12-6-5-11(10-15)9-13(12)16/h5-6,9,15-16H,3-4,7-8,10H2,1-2H3. The van der Waals surface area contributed by atoms with Gasteiger partial charge in [-0.1, -0.05) is 26.0 Å². The van der Waals surface area contributed by atoms with E-state index in [1.54, 1.807) is 6.07 Å². The first kappa shape index (κ1) is 13.0. The van der Waals surface area contributed by atoms with E-state index < -0.39 is 0 Å². The number of aliphatic hydroxyl groups excluding tert-OH is 1. The first-order chi connectivity index (χ1) is 7.71. The molecule has 90 valence electrons. The van der Waals surface area contributed by atoms with Gasteiger partial charge in [0.15, 0.2) is 0 Å². The van der Waals surface area contributed by atoms with Gasteiger partial charge in [-0.2, -0.15) is 0 Å². The van der Waals surface area contributed by atoms with Gasteiger partial charge in [0.25, 0.3) is 0 Å². The minimum absolute atomic E-state index is 0.0239. The van der Waals surface area contributed by atoms with E-state index in [1.807, 2.05) is 12.1 Å². The molecule has 3 nitrogen and oxygen atoms in total. The Balaban J connectivity index is 2.60. The molecule has 0 fully saturated rings. The van der Waals surface area contributed by atoms with Gasteiger partial charge in [-0.25, -0.2) is 0 Å². The summed E-state index contributed by atoms with van der Waals surface area (Å²) in [5.74, 6) is 0.290. The second-order valence-corrected chi connectivity index (χ2v) is 3.90. The fraction of sp³-hybridized carbons (Fsp3) is 0.538. The first-order valence-corrected chi connectivity index (χ1v) is 5.85. The maximum atomic E-state index is 9.75. The molecule has 1 rings (SSSR count). The topological polar surface area (TPSA) is 43.7 Å². The van der Waals surface area contributed by atoms with Crippen LogP contribution >= 0.6 is 0 Å². The SMILES string of the molecule is CCN(CC)CCc1ccc(CO)cc1O. The van der Waals surface area contributed by atoms with E-state index >= 15 is 0 Å². The van der Waals surface area contributed by atoms with Crippen LogP contribution in [0.15, 0.2) is 18.2 Å². The van der Waals surface area contributed by atoms with Crippen molar-refractivity contribution in [2.75, 3.05) is 19.6 Å². The highest BCUT2D eigenvalue weighted by atomic mass is 16.3. The van der Waals surface area contributed by atoms with Gasteiger partial charge in [-0.05, 0) is 36.7 Å². The molecule has 0 aliphatic carbocycles. The van der Waals surface area contributed by atoms with Crippen LogP contribution in [0, 0.1) is 0 Å². The summed E-state index contributed by atoms with van der Waals surface area (Å²) in [6, 6.07) is 5.39. The molecule has 16 heavy (non-hydrogen) atoms. The van der Waals surface area contributed by atoms with Gasteiger partial charge in [0.2, 0.25) is 0 Å². The summed E-state index contributed by atoms with van der Waals surface area (Å²) in [6.07, 6.45) is 0.846. The van der Waals surface area contributed by atoms with Crippen LogP contribution in [0.25, 0.3) is 0 Å². The maximum absolute atomic E-state index is 9.75. The molecule has 0 heterocycles. The lowest BCUT2D eigenvalue weighted by atomic mass is 10.1. The molecule has 1 aromatic carbocycles. The molecule has 0 saturated heterocycles. The van der Waals surface area contributed by atoms with Crippen molar-refractivity contribution >= 4 is 0 Å². The Morgan fingerprint density at radius 3 is 2.38 bits per heavy atom. The summed E-state index contributed by atoms with van der Waals surface area (Å²) in [7, 11) is 0. The third-order valence-corrected chi connectivity index (χ3v) is 2.92. The summed E-state index contributed by atoms with van der Waals surface area (Å²) in [5.41, 5.74) is 1.70.